The lowest BCUT2D eigenvalue weighted by atomic mass is 9.42. The molecule has 0 saturated carbocycles. The Morgan fingerprint density at radius 2 is 2.12 bits per heavy atom. The molecule has 0 aromatic carbocycles. The minimum atomic E-state index is 0.0848. The van der Waals surface area contributed by atoms with E-state index < -0.39 is 0 Å². The van der Waals surface area contributed by atoms with Crippen molar-refractivity contribution >= 4 is 6.71 Å². The summed E-state index contributed by atoms with van der Waals surface area (Å²) < 4.78 is 5.73. The summed E-state index contributed by atoms with van der Waals surface area (Å²) in [4.78, 5) is 4.07. The van der Waals surface area contributed by atoms with E-state index in [9.17, 15) is 0 Å². The van der Waals surface area contributed by atoms with Gasteiger partial charge in [0.15, 0.2) is 0 Å². The normalized spacial score (nSPS) is 16.0. The molecule has 2 heterocycles. The molecule has 4 nitrogen and oxygen atoms in total. The molecule has 1 aliphatic rings. The van der Waals surface area contributed by atoms with Gasteiger partial charge in [0, 0.05) is 12.2 Å². The average molecular weight is 225 g/mol. The van der Waals surface area contributed by atoms with Gasteiger partial charge in [-0.3, -0.25) is 0 Å². The van der Waals surface area contributed by atoms with Crippen LogP contribution in [0.2, 0.25) is 12.6 Å². The Kier molecular flexibility index (Phi) is 3.62. The fourth-order valence-corrected chi connectivity index (χ4v) is 2.04. The molecule has 5 heteroatoms. The minimum absolute atomic E-state index is 0.0848. The molecule has 1 aromatic rings. The van der Waals surface area contributed by atoms with Gasteiger partial charge in [0.1, 0.15) is 11.6 Å². The summed E-state index contributed by atoms with van der Waals surface area (Å²) in [6.45, 7) is 0.161. The molecular weight excluding hydrogens is 213 g/mol. The van der Waals surface area contributed by atoms with E-state index in [4.69, 9.17) is 15.3 Å². The predicted molar refractivity (Wildman–Crippen MR) is 63.6 cm³/mol. The molecule has 17 heavy (non-hydrogen) atoms. The van der Waals surface area contributed by atoms with E-state index in [0.29, 0.717) is 11.4 Å². The third kappa shape index (κ3) is 2.76. The smallest absolute Gasteiger partial charge is 0.268 e. The predicted octanol–water partition coefficient (Wildman–Crippen LogP) is 2.05. The standard InChI is InChI=1S/C12H12BN3O/c14-8-10-2-1-7-16-12(10)17-11-3-5-13(9-15)6-4-11/h1-2,7,11H,3-6H2. The Balaban J connectivity index is 1.99. The molecule has 1 saturated heterocycles. The van der Waals surface area contributed by atoms with Crippen LogP contribution in [-0.4, -0.2) is 17.8 Å². The van der Waals surface area contributed by atoms with Gasteiger partial charge in [-0.2, -0.15) is 5.26 Å². The highest BCUT2D eigenvalue weighted by molar-refractivity contribution is 6.67. The van der Waals surface area contributed by atoms with E-state index in [1.54, 1.807) is 18.3 Å². The summed E-state index contributed by atoms with van der Waals surface area (Å²) in [6, 6.07) is 5.48. The highest BCUT2D eigenvalue weighted by Gasteiger charge is 2.26. The second-order valence-corrected chi connectivity index (χ2v) is 4.19. The first-order valence-electron chi connectivity index (χ1n) is 5.75. The first kappa shape index (κ1) is 11.5. The van der Waals surface area contributed by atoms with E-state index in [1.807, 2.05) is 0 Å². The second kappa shape index (κ2) is 5.36. The molecule has 0 amide bonds. The Labute approximate surface area is 101 Å². The molecule has 1 aliphatic heterocycles. The number of aromatic nitrogens is 1. The van der Waals surface area contributed by atoms with Crippen LogP contribution in [0.25, 0.3) is 0 Å². The Hall–Kier alpha value is -2.01. The van der Waals surface area contributed by atoms with Gasteiger partial charge in [-0.25, -0.2) is 10.2 Å². The molecule has 0 radical (unpaired) electrons. The molecule has 0 N–H and O–H groups in total. The zero-order valence-corrected chi connectivity index (χ0v) is 9.47. The molecule has 0 aliphatic carbocycles. The number of hydrogen-bond donors (Lipinski definition) is 0. The van der Waals surface area contributed by atoms with Gasteiger partial charge in [-0.05, 0) is 25.0 Å². The van der Waals surface area contributed by atoms with Crippen LogP contribution in [-0.2, 0) is 0 Å². The minimum Gasteiger partial charge on any atom is -0.473 e. The molecule has 1 fully saturated rings. The third-order valence-electron chi connectivity index (χ3n) is 3.03. The molecule has 2 rings (SSSR count). The lowest BCUT2D eigenvalue weighted by molar-refractivity contribution is 0.179. The molecule has 1 aromatic heterocycles. The van der Waals surface area contributed by atoms with Gasteiger partial charge in [0.05, 0.1) is 6.10 Å². The molecule has 0 atom stereocenters. The molecule has 0 spiro atoms. The number of hydrogen-bond acceptors (Lipinski definition) is 4. The maximum atomic E-state index is 8.91. The second-order valence-electron chi connectivity index (χ2n) is 4.19. The van der Waals surface area contributed by atoms with Gasteiger partial charge < -0.3 is 4.74 Å². The zero-order valence-electron chi connectivity index (χ0n) is 9.47. The summed E-state index contributed by atoms with van der Waals surface area (Å²) in [6.07, 6.45) is 5.17. The van der Waals surface area contributed by atoms with Crippen LogP contribution in [0, 0.1) is 22.6 Å². The molecule has 0 bridgehead atoms. The monoisotopic (exact) mass is 225 g/mol. The summed E-state index contributed by atoms with van der Waals surface area (Å²) in [5, 5.41) is 17.7. The fourth-order valence-electron chi connectivity index (χ4n) is 2.04. The van der Waals surface area contributed by atoms with E-state index in [1.165, 1.54) is 0 Å². The Bertz CT molecular complexity index is 469. The van der Waals surface area contributed by atoms with E-state index in [-0.39, 0.29) is 12.8 Å². The molecule has 84 valence electrons. The number of pyridine rings is 1. The average Bonchev–Trinajstić information content (AvgIpc) is 2.40. The van der Waals surface area contributed by atoms with Crippen LogP contribution in [0.4, 0.5) is 0 Å². The summed E-state index contributed by atoms with van der Waals surface area (Å²) in [5.41, 5.74) is 0.468. The van der Waals surface area contributed by atoms with Crippen molar-refractivity contribution < 1.29 is 4.74 Å². The number of nitrogens with zero attached hydrogens (tertiary/aromatic N) is 3. The van der Waals surface area contributed by atoms with Gasteiger partial charge in [-0.1, -0.05) is 12.6 Å². The lowest BCUT2D eigenvalue weighted by Gasteiger charge is -2.23. The van der Waals surface area contributed by atoms with Crippen molar-refractivity contribution in [3.63, 3.8) is 0 Å². The Morgan fingerprint density at radius 1 is 1.35 bits per heavy atom. The van der Waals surface area contributed by atoms with Crippen molar-refractivity contribution in [2.24, 2.45) is 0 Å². The van der Waals surface area contributed by atoms with Crippen molar-refractivity contribution in [2.45, 2.75) is 31.6 Å². The molecular formula is C12H12BN3O. The first-order valence-corrected chi connectivity index (χ1v) is 5.75. The quantitative estimate of drug-likeness (QED) is 0.722. The zero-order chi connectivity index (χ0) is 12.1. The van der Waals surface area contributed by atoms with E-state index in [2.05, 4.69) is 17.0 Å². The fraction of sp³-hybridized carbons (Fsp3) is 0.417. The summed E-state index contributed by atoms with van der Waals surface area (Å²) in [5.74, 6) is 2.70. The van der Waals surface area contributed by atoms with Gasteiger partial charge in [0.25, 0.3) is 6.71 Å². The largest absolute Gasteiger partial charge is 0.473 e. The third-order valence-corrected chi connectivity index (χ3v) is 3.03. The van der Waals surface area contributed by atoms with Crippen LogP contribution in [0.3, 0.4) is 0 Å². The SMILES string of the molecule is N#CB1CCC(Oc2ncccc2C#N)CC1. The molecule has 0 unspecified atom stereocenters. The summed E-state index contributed by atoms with van der Waals surface area (Å²) in [7, 11) is 0. The lowest BCUT2D eigenvalue weighted by Crippen LogP contribution is -2.27. The number of rotatable bonds is 2. The van der Waals surface area contributed by atoms with Crippen LogP contribution < -0.4 is 4.74 Å². The van der Waals surface area contributed by atoms with Gasteiger partial charge in [0.2, 0.25) is 5.88 Å². The highest BCUT2D eigenvalue weighted by Crippen LogP contribution is 2.24. The van der Waals surface area contributed by atoms with Gasteiger partial charge in [-0.15, -0.1) is 0 Å². The van der Waals surface area contributed by atoms with Crippen LogP contribution in [0.15, 0.2) is 18.3 Å². The van der Waals surface area contributed by atoms with Crippen LogP contribution in [0.5, 0.6) is 5.88 Å². The van der Waals surface area contributed by atoms with Crippen LogP contribution in [0.1, 0.15) is 18.4 Å². The van der Waals surface area contributed by atoms with Crippen LogP contribution >= 0.6 is 0 Å². The topological polar surface area (TPSA) is 69.7 Å². The van der Waals surface area contributed by atoms with E-state index >= 15 is 0 Å². The van der Waals surface area contributed by atoms with Gasteiger partial charge >= 0.3 is 0 Å². The van der Waals surface area contributed by atoms with E-state index in [0.717, 1.165) is 25.5 Å². The first-order chi connectivity index (χ1) is 8.33. The van der Waals surface area contributed by atoms with Crippen molar-refractivity contribution in [3.05, 3.63) is 23.9 Å². The number of nitriles is 2. The van der Waals surface area contributed by atoms with Crippen molar-refractivity contribution in [2.75, 3.05) is 0 Å². The van der Waals surface area contributed by atoms with Crippen molar-refractivity contribution in [1.29, 1.82) is 10.5 Å². The maximum absolute atomic E-state index is 8.91. The highest BCUT2D eigenvalue weighted by atomic mass is 16.5. The Morgan fingerprint density at radius 3 is 2.76 bits per heavy atom. The van der Waals surface area contributed by atoms with Crippen molar-refractivity contribution in [3.8, 4) is 17.9 Å². The number of ether oxygens (including phenoxy) is 1. The van der Waals surface area contributed by atoms with Crippen molar-refractivity contribution in [1.82, 2.24) is 4.98 Å². The summed E-state index contributed by atoms with van der Waals surface area (Å²) >= 11 is 0. The maximum Gasteiger partial charge on any atom is 0.268 e.